The fourth-order valence-corrected chi connectivity index (χ4v) is 2.43. The molecular formula is C20H17BrN2O5. The predicted molar refractivity (Wildman–Crippen MR) is 106 cm³/mol. The first-order chi connectivity index (χ1) is 13.3. The standard InChI is InChI=1S/C20H17BrN2O5/c1-12-7-15(4-5-16(12)21)27-11-19(24)28-17-6-3-13(9-18(17)26-2)8-14(10-22)20(23)25/h3-9H,11H2,1-2H3,(H2,23,25)/b14-8+. The summed E-state index contributed by atoms with van der Waals surface area (Å²) in [5.41, 5.74) is 6.38. The lowest BCUT2D eigenvalue weighted by molar-refractivity contribution is -0.136. The van der Waals surface area contributed by atoms with Crippen molar-refractivity contribution in [1.29, 1.82) is 5.26 Å². The predicted octanol–water partition coefficient (Wildman–Crippen LogP) is 3.14. The average Bonchev–Trinajstić information content (AvgIpc) is 2.67. The Morgan fingerprint density at radius 2 is 1.96 bits per heavy atom. The number of primary amides is 1. The van der Waals surface area contributed by atoms with Gasteiger partial charge in [0.05, 0.1) is 7.11 Å². The van der Waals surface area contributed by atoms with Crippen LogP contribution in [0.2, 0.25) is 0 Å². The SMILES string of the molecule is COc1cc(/C=C(\C#N)C(N)=O)ccc1OC(=O)COc1ccc(Br)c(C)c1. The van der Waals surface area contributed by atoms with E-state index in [2.05, 4.69) is 15.9 Å². The van der Waals surface area contributed by atoms with Crippen LogP contribution in [0.4, 0.5) is 0 Å². The highest BCUT2D eigenvalue weighted by Gasteiger charge is 2.13. The molecule has 2 N–H and O–H groups in total. The first-order valence-corrected chi connectivity index (χ1v) is 8.82. The first-order valence-electron chi connectivity index (χ1n) is 8.03. The first kappa shape index (κ1) is 21.0. The van der Waals surface area contributed by atoms with Gasteiger partial charge in [0.1, 0.15) is 17.4 Å². The van der Waals surface area contributed by atoms with Gasteiger partial charge in [-0.3, -0.25) is 4.79 Å². The van der Waals surface area contributed by atoms with Crippen molar-refractivity contribution in [2.24, 2.45) is 5.73 Å². The van der Waals surface area contributed by atoms with Gasteiger partial charge in [0.15, 0.2) is 18.1 Å². The molecule has 8 heteroatoms. The van der Waals surface area contributed by atoms with Crippen LogP contribution in [0.25, 0.3) is 6.08 Å². The Morgan fingerprint density at radius 3 is 2.57 bits per heavy atom. The Bertz CT molecular complexity index is 979. The smallest absolute Gasteiger partial charge is 0.349 e. The topological polar surface area (TPSA) is 112 Å². The Hall–Kier alpha value is -3.31. The molecule has 0 aromatic heterocycles. The van der Waals surface area contributed by atoms with Crippen molar-refractivity contribution in [3.8, 4) is 23.3 Å². The van der Waals surface area contributed by atoms with E-state index in [0.717, 1.165) is 10.0 Å². The van der Waals surface area contributed by atoms with Crippen LogP contribution in [0.15, 0.2) is 46.4 Å². The minimum absolute atomic E-state index is 0.179. The molecule has 0 aliphatic carbocycles. The summed E-state index contributed by atoms with van der Waals surface area (Å²) in [6.07, 6.45) is 1.31. The molecule has 1 amide bonds. The second kappa shape index (κ2) is 9.58. The maximum Gasteiger partial charge on any atom is 0.349 e. The minimum Gasteiger partial charge on any atom is -0.493 e. The molecule has 0 bridgehead atoms. The zero-order valence-electron chi connectivity index (χ0n) is 15.2. The van der Waals surface area contributed by atoms with Crippen LogP contribution in [0.3, 0.4) is 0 Å². The largest absolute Gasteiger partial charge is 0.493 e. The summed E-state index contributed by atoms with van der Waals surface area (Å²) in [7, 11) is 1.40. The Kier molecular flexibility index (Phi) is 7.18. The molecular weight excluding hydrogens is 428 g/mol. The van der Waals surface area contributed by atoms with E-state index in [1.165, 1.54) is 25.3 Å². The highest BCUT2D eigenvalue weighted by molar-refractivity contribution is 9.10. The quantitative estimate of drug-likeness (QED) is 0.303. The van der Waals surface area contributed by atoms with Crippen LogP contribution in [0.1, 0.15) is 11.1 Å². The Balaban J connectivity index is 2.08. The van der Waals surface area contributed by atoms with E-state index in [1.807, 2.05) is 13.0 Å². The zero-order chi connectivity index (χ0) is 20.7. The number of methoxy groups -OCH3 is 1. The fraction of sp³-hybridized carbons (Fsp3) is 0.150. The summed E-state index contributed by atoms with van der Waals surface area (Å²) in [4.78, 5) is 23.2. The highest BCUT2D eigenvalue weighted by atomic mass is 79.9. The summed E-state index contributed by atoms with van der Waals surface area (Å²) < 4.78 is 16.8. The Morgan fingerprint density at radius 1 is 1.21 bits per heavy atom. The number of halogens is 1. The number of benzene rings is 2. The number of ether oxygens (including phenoxy) is 3. The molecule has 0 saturated carbocycles. The van der Waals surface area contributed by atoms with Crippen LogP contribution < -0.4 is 19.9 Å². The molecule has 0 heterocycles. The van der Waals surface area contributed by atoms with E-state index in [0.29, 0.717) is 11.3 Å². The van der Waals surface area contributed by atoms with Crippen molar-refractivity contribution < 1.29 is 23.8 Å². The van der Waals surface area contributed by atoms with Gasteiger partial charge >= 0.3 is 5.97 Å². The third kappa shape index (κ3) is 5.59. The molecule has 7 nitrogen and oxygen atoms in total. The summed E-state index contributed by atoms with van der Waals surface area (Å²) in [5, 5.41) is 8.91. The van der Waals surface area contributed by atoms with Gasteiger partial charge in [0.2, 0.25) is 0 Å². The molecule has 2 aromatic carbocycles. The number of amides is 1. The number of aryl methyl sites for hydroxylation is 1. The van der Waals surface area contributed by atoms with Crippen LogP contribution in [-0.2, 0) is 9.59 Å². The molecule has 0 aliphatic rings. The second-order valence-electron chi connectivity index (χ2n) is 5.62. The lowest BCUT2D eigenvalue weighted by Crippen LogP contribution is -2.18. The number of carbonyl (C=O) groups excluding carboxylic acids is 2. The molecule has 0 saturated heterocycles. The third-order valence-electron chi connectivity index (χ3n) is 3.59. The molecule has 0 fully saturated rings. The van der Waals surface area contributed by atoms with E-state index in [1.54, 1.807) is 24.3 Å². The maximum atomic E-state index is 12.1. The molecule has 2 rings (SSSR count). The summed E-state index contributed by atoms with van der Waals surface area (Å²) in [6.45, 7) is 1.62. The number of nitriles is 1. The van der Waals surface area contributed by atoms with Gasteiger partial charge in [-0.1, -0.05) is 22.0 Å². The van der Waals surface area contributed by atoms with Crippen LogP contribution in [0, 0.1) is 18.3 Å². The normalized spacial score (nSPS) is 10.7. The lowest BCUT2D eigenvalue weighted by Gasteiger charge is -2.11. The molecule has 144 valence electrons. The monoisotopic (exact) mass is 444 g/mol. The van der Waals surface area contributed by atoms with Crippen molar-refractivity contribution in [3.63, 3.8) is 0 Å². The maximum absolute atomic E-state index is 12.1. The van der Waals surface area contributed by atoms with E-state index < -0.39 is 11.9 Å². The number of hydrogen-bond acceptors (Lipinski definition) is 6. The van der Waals surface area contributed by atoms with Gasteiger partial charge in [0, 0.05) is 4.47 Å². The van der Waals surface area contributed by atoms with Gasteiger partial charge in [-0.2, -0.15) is 5.26 Å². The molecule has 0 spiro atoms. The van der Waals surface area contributed by atoms with Crippen molar-refractivity contribution in [1.82, 2.24) is 0 Å². The number of carbonyl (C=O) groups is 2. The number of nitrogens with zero attached hydrogens (tertiary/aromatic N) is 1. The second-order valence-corrected chi connectivity index (χ2v) is 6.47. The van der Waals surface area contributed by atoms with Crippen LogP contribution in [0.5, 0.6) is 17.2 Å². The number of rotatable bonds is 7. The Labute approximate surface area is 170 Å². The van der Waals surface area contributed by atoms with Gasteiger partial charge < -0.3 is 19.9 Å². The fourth-order valence-electron chi connectivity index (χ4n) is 2.18. The third-order valence-corrected chi connectivity index (χ3v) is 4.48. The molecule has 0 aliphatic heterocycles. The summed E-state index contributed by atoms with van der Waals surface area (Å²) >= 11 is 3.39. The minimum atomic E-state index is -0.836. The molecule has 2 aromatic rings. The summed E-state index contributed by atoms with van der Waals surface area (Å²) in [6, 6.07) is 11.6. The summed E-state index contributed by atoms with van der Waals surface area (Å²) in [5.74, 6) is -0.476. The van der Waals surface area contributed by atoms with Crippen molar-refractivity contribution in [3.05, 3.63) is 57.6 Å². The van der Waals surface area contributed by atoms with Crippen LogP contribution >= 0.6 is 15.9 Å². The number of hydrogen-bond donors (Lipinski definition) is 1. The van der Waals surface area contributed by atoms with Crippen molar-refractivity contribution in [2.75, 3.05) is 13.7 Å². The van der Waals surface area contributed by atoms with Crippen LogP contribution in [-0.4, -0.2) is 25.6 Å². The van der Waals surface area contributed by atoms with Gasteiger partial charge in [0.25, 0.3) is 5.91 Å². The van der Waals surface area contributed by atoms with Gasteiger partial charge in [-0.15, -0.1) is 0 Å². The van der Waals surface area contributed by atoms with Gasteiger partial charge in [-0.25, -0.2) is 4.79 Å². The molecule has 0 radical (unpaired) electrons. The van der Waals surface area contributed by atoms with Gasteiger partial charge in [-0.05, 0) is 54.5 Å². The number of esters is 1. The lowest BCUT2D eigenvalue weighted by atomic mass is 10.1. The highest BCUT2D eigenvalue weighted by Crippen LogP contribution is 2.29. The number of nitrogens with two attached hydrogens (primary N) is 1. The van der Waals surface area contributed by atoms with E-state index in [-0.39, 0.29) is 23.7 Å². The zero-order valence-corrected chi connectivity index (χ0v) is 16.8. The average molecular weight is 445 g/mol. The van der Waals surface area contributed by atoms with Crippen molar-refractivity contribution in [2.45, 2.75) is 6.92 Å². The van der Waals surface area contributed by atoms with Crippen molar-refractivity contribution >= 4 is 33.9 Å². The molecule has 28 heavy (non-hydrogen) atoms. The molecule has 0 unspecified atom stereocenters. The van der Waals surface area contributed by atoms with E-state index >= 15 is 0 Å². The molecule has 0 atom stereocenters. The van der Waals surface area contributed by atoms with E-state index in [4.69, 9.17) is 25.2 Å². The van der Waals surface area contributed by atoms with E-state index in [9.17, 15) is 9.59 Å².